The summed E-state index contributed by atoms with van der Waals surface area (Å²) in [5.41, 5.74) is 3.17. The molecule has 21 heavy (non-hydrogen) atoms. The molecular weight excluding hydrogens is 252 g/mol. The first kappa shape index (κ1) is 11.7. The van der Waals surface area contributed by atoms with Gasteiger partial charge in [-0.1, -0.05) is 37.5 Å². The molecule has 0 radical (unpaired) electrons. The molecule has 0 aromatic heterocycles. The molecule has 9 fully saturated rings. The van der Waals surface area contributed by atoms with Crippen LogP contribution < -0.4 is 0 Å². The van der Waals surface area contributed by atoms with E-state index in [1.807, 2.05) is 0 Å². The lowest BCUT2D eigenvalue weighted by Crippen LogP contribution is -2.62. The predicted octanol–water partition coefficient (Wildman–Crippen LogP) is 4.54. The van der Waals surface area contributed by atoms with Crippen LogP contribution in [0.15, 0.2) is 0 Å². The van der Waals surface area contributed by atoms with Crippen molar-refractivity contribution < 1.29 is 0 Å². The summed E-state index contributed by atoms with van der Waals surface area (Å²) in [6, 6.07) is 0. The van der Waals surface area contributed by atoms with Crippen molar-refractivity contribution in [3.8, 4) is 23.7 Å². The second kappa shape index (κ2) is 2.71. The highest BCUT2D eigenvalue weighted by Crippen LogP contribution is 2.76. The summed E-state index contributed by atoms with van der Waals surface area (Å²) in [5, 5.41) is 0. The van der Waals surface area contributed by atoms with Crippen LogP contribution in [0.5, 0.6) is 0 Å². The molecule has 0 saturated heterocycles. The molecule has 0 nitrogen and oxygen atoms in total. The zero-order valence-corrected chi connectivity index (χ0v) is 13.4. The van der Waals surface area contributed by atoms with E-state index in [-0.39, 0.29) is 0 Å². The van der Waals surface area contributed by atoms with E-state index < -0.39 is 0 Å². The average molecular weight is 276 g/mol. The van der Waals surface area contributed by atoms with Gasteiger partial charge in [-0.15, -0.1) is 0 Å². The number of hydrogen-bond acceptors (Lipinski definition) is 0. The van der Waals surface area contributed by atoms with Crippen molar-refractivity contribution in [2.24, 2.45) is 32.5 Å². The molecule has 6 bridgehead atoms. The molecule has 0 aliphatic heterocycles. The zero-order chi connectivity index (χ0) is 14.2. The van der Waals surface area contributed by atoms with E-state index in [1.54, 1.807) is 0 Å². The SMILES string of the molecule is CC12CC(C#CC34CC(C#CC56CC(C)(C5)C6)(C3)C4)(C1)C2. The molecule has 108 valence electrons. The summed E-state index contributed by atoms with van der Waals surface area (Å²) in [5.74, 6) is 14.8. The first-order valence-electron chi connectivity index (χ1n) is 8.86. The molecule has 9 rings (SSSR count). The highest BCUT2D eigenvalue weighted by molar-refractivity contribution is 5.43. The molecule has 0 unspecified atom stereocenters. The van der Waals surface area contributed by atoms with Gasteiger partial charge in [0.1, 0.15) is 0 Å². The minimum Gasteiger partial charge on any atom is -0.0959 e. The third-order valence-electron chi connectivity index (χ3n) is 7.81. The quantitative estimate of drug-likeness (QED) is 0.570. The zero-order valence-electron chi connectivity index (χ0n) is 13.4. The minimum absolute atomic E-state index is 0.413. The second-order valence-corrected chi connectivity index (χ2v) is 10.8. The predicted molar refractivity (Wildman–Crippen MR) is 83.1 cm³/mol. The third-order valence-corrected chi connectivity index (χ3v) is 7.81. The van der Waals surface area contributed by atoms with Crippen LogP contribution in [-0.4, -0.2) is 0 Å². The van der Waals surface area contributed by atoms with E-state index in [1.165, 1.54) is 57.8 Å². The second-order valence-electron chi connectivity index (χ2n) is 10.8. The summed E-state index contributed by atoms with van der Waals surface area (Å²) in [6.45, 7) is 4.85. The van der Waals surface area contributed by atoms with Crippen LogP contribution >= 0.6 is 0 Å². The highest BCUT2D eigenvalue weighted by atomic mass is 14.7. The fraction of sp³-hybridized carbons (Fsp3) is 0.810. The Morgan fingerprint density at radius 2 is 0.667 bits per heavy atom. The third kappa shape index (κ3) is 1.24. The van der Waals surface area contributed by atoms with Crippen LogP contribution in [0.2, 0.25) is 0 Å². The molecule has 0 heteroatoms. The molecule has 9 aliphatic carbocycles. The first-order chi connectivity index (χ1) is 9.78. The van der Waals surface area contributed by atoms with Gasteiger partial charge < -0.3 is 0 Å². The Kier molecular flexibility index (Phi) is 1.50. The van der Waals surface area contributed by atoms with E-state index in [2.05, 4.69) is 37.5 Å². The average Bonchev–Trinajstić information content (AvgIpc) is 2.15. The van der Waals surface area contributed by atoms with E-state index >= 15 is 0 Å². The van der Waals surface area contributed by atoms with Crippen LogP contribution in [-0.2, 0) is 0 Å². The maximum absolute atomic E-state index is 3.71. The van der Waals surface area contributed by atoms with E-state index in [4.69, 9.17) is 0 Å². The van der Waals surface area contributed by atoms with Crippen LogP contribution in [0.25, 0.3) is 0 Å². The van der Waals surface area contributed by atoms with Gasteiger partial charge in [0.15, 0.2) is 0 Å². The fourth-order valence-corrected chi connectivity index (χ4v) is 7.44. The van der Waals surface area contributed by atoms with Gasteiger partial charge in [-0.05, 0) is 68.6 Å². The molecule has 0 aromatic rings. The van der Waals surface area contributed by atoms with Gasteiger partial charge in [0.25, 0.3) is 0 Å². The van der Waals surface area contributed by atoms with E-state index in [9.17, 15) is 0 Å². The monoisotopic (exact) mass is 276 g/mol. The van der Waals surface area contributed by atoms with Gasteiger partial charge in [0.2, 0.25) is 0 Å². The Morgan fingerprint density at radius 3 is 0.905 bits per heavy atom. The molecule has 0 atom stereocenters. The topological polar surface area (TPSA) is 0 Å². The summed E-state index contributed by atoms with van der Waals surface area (Å²) >= 11 is 0. The van der Waals surface area contributed by atoms with Crippen LogP contribution in [0.1, 0.15) is 71.6 Å². The van der Waals surface area contributed by atoms with Crippen molar-refractivity contribution >= 4 is 0 Å². The Bertz CT molecular complexity index is 593. The molecule has 9 aliphatic rings. The van der Waals surface area contributed by atoms with Gasteiger partial charge in [0, 0.05) is 21.7 Å². The Labute approximate surface area is 128 Å². The normalized spacial score (nSPS) is 66.2. The maximum atomic E-state index is 3.71. The van der Waals surface area contributed by atoms with Crippen molar-refractivity contribution in [2.75, 3.05) is 0 Å². The van der Waals surface area contributed by atoms with Crippen LogP contribution in [0.3, 0.4) is 0 Å². The van der Waals surface area contributed by atoms with Crippen LogP contribution in [0.4, 0.5) is 0 Å². The summed E-state index contributed by atoms with van der Waals surface area (Å²) in [7, 11) is 0. The number of hydrogen-bond donors (Lipinski definition) is 0. The lowest BCUT2D eigenvalue weighted by molar-refractivity contribution is -0.150. The first-order valence-corrected chi connectivity index (χ1v) is 8.86. The molecule has 9 saturated carbocycles. The molecular formula is C21H24. The maximum Gasteiger partial charge on any atom is 0.0358 e. The Morgan fingerprint density at radius 1 is 0.429 bits per heavy atom. The van der Waals surface area contributed by atoms with Crippen molar-refractivity contribution in [3.63, 3.8) is 0 Å². The van der Waals surface area contributed by atoms with Crippen molar-refractivity contribution in [1.82, 2.24) is 0 Å². The van der Waals surface area contributed by atoms with Gasteiger partial charge >= 0.3 is 0 Å². The minimum atomic E-state index is 0.413. The van der Waals surface area contributed by atoms with Crippen LogP contribution in [0, 0.1) is 56.2 Å². The Balaban J connectivity index is 1.12. The molecule has 0 N–H and O–H groups in total. The molecule has 0 spiro atoms. The van der Waals surface area contributed by atoms with Gasteiger partial charge in [0.05, 0.1) is 0 Å². The van der Waals surface area contributed by atoms with Crippen molar-refractivity contribution in [3.05, 3.63) is 0 Å². The largest absolute Gasteiger partial charge is 0.0959 e. The lowest BCUT2D eigenvalue weighted by Gasteiger charge is -2.69. The molecule has 0 amide bonds. The van der Waals surface area contributed by atoms with Gasteiger partial charge in [-0.2, -0.15) is 0 Å². The van der Waals surface area contributed by atoms with Gasteiger partial charge in [-0.25, -0.2) is 0 Å². The van der Waals surface area contributed by atoms with Gasteiger partial charge in [-0.3, -0.25) is 0 Å². The van der Waals surface area contributed by atoms with Crippen molar-refractivity contribution in [1.29, 1.82) is 0 Å². The molecule has 0 heterocycles. The van der Waals surface area contributed by atoms with Crippen molar-refractivity contribution in [2.45, 2.75) is 71.6 Å². The highest BCUT2D eigenvalue weighted by Gasteiger charge is 2.69. The standard InChI is InChI=1S/C21H24/c1-16-7-18(8-16,9-16)3-5-20-13-21(14-20,15-20)6-4-19-10-17(2,11-19)12-19/h7-15H2,1-2H3. The summed E-state index contributed by atoms with van der Waals surface area (Å²) in [6.07, 6.45) is 12.2. The van der Waals surface area contributed by atoms with E-state index in [0.29, 0.717) is 32.5 Å². The fourth-order valence-electron chi connectivity index (χ4n) is 7.44. The van der Waals surface area contributed by atoms with E-state index in [0.717, 1.165) is 0 Å². The Hall–Kier alpha value is -0.880. The summed E-state index contributed by atoms with van der Waals surface area (Å²) in [4.78, 5) is 0. The summed E-state index contributed by atoms with van der Waals surface area (Å²) < 4.78 is 0. The smallest absolute Gasteiger partial charge is 0.0358 e. The number of rotatable bonds is 0. The molecule has 0 aromatic carbocycles. The lowest BCUT2D eigenvalue weighted by atomic mass is 9.33.